The number of nitrogens with zero attached hydrogens (tertiary/aromatic N) is 1. The molecule has 0 saturated heterocycles. The molecule has 0 fully saturated rings. The maximum Gasteiger partial charge on any atom is 0.214 e. The van der Waals surface area contributed by atoms with E-state index in [2.05, 4.69) is 13.0 Å². The molecule has 1 rings (SSSR count). The van der Waals surface area contributed by atoms with E-state index in [0.717, 1.165) is 37.7 Å². The van der Waals surface area contributed by atoms with Crippen LogP contribution < -0.4 is 0 Å². The van der Waals surface area contributed by atoms with Gasteiger partial charge in [-0.3, -0.25) is 4.79 Å². The van der Waals surface area contributed by atoms with E-state index in [4.69, 9.17) is 0 Å². The predicted molar refractivity (Wildman–Crippen MR) is 59.1 cm³/mol. The van der Waals surface area contributed by atoms with Crippen molar-refractivity contribution in [3.05, 3.63) is 23.4 Å². The SMILES string of the molecule is CCC1=C(CCCC=O)N(C=O)CC=C1. The largest absolute Gasteiger partial charge is 0.315 e. The van der Waals surface area contributed by atoms with E-state index >= 15 is 0 Å². The van der Waals surface area contributed by atoms with Gasteiger partial charge in [0, 0.05) is 18.7 Å². The third-order valence-corrected chi connectivity index (χ3v) is 2.58. The molecule has 0 unspecified atom stereocenters. The molecule has 82 valence electrons. The van der Waals surface area contributed by atoms with Crippen LogP contribution in [-0.2, 0) is 9.59 Å². The fraction of sp³-hybridized carbons (Fsp3) is 0.500. The van der Waals surface area contributed by atoms with Gasteiger partial charge in [-0.2, -0.15) is 0 Å². The molecule has 0 N–H and O–H groups in total. The van der Waals surface area contributed by atoms with Crippen LogP contribution in [0.4, 0.5) is 0 Å². The van der Waals surface area contributed by atoms with Gasteiger partial charge in [0.05, 0.1) is 0 Å². The van der Waals surface area contributed by atoms with Crippen LogP contribution >= 0.6 is 0 Å². The number of carbonyl (C=O) groups excluding carboxylic acids is 2. The van der Waals surface area contributed by atoms with Gasteiger partial charge in [0.2, 0.25) is 6.41 Å². The lowest BCUT2D eigenvalue weighted by atomic mass is 10.0. The van der Waals surface area contributed by atoms with Gasteiger partial charge in [-0.05, 0) is 24.8 Å². The standard InChI is InChI=1S/C12H17NO2/c1-2-11-6-5-8-13(10-15)12(11)7-3-4-9-14/h5-6,9-10H,2-4,7-8H2,1H3. The number of allylic oxidation sites excluding steroid dienone is 3. The zero-order valence-electron chi connectivity index (χ0n) is 9.11. The van der Waals surface area contributed by atoms with Crippen LogP contribution in [0.1, 0.15) is 32.6 Å². The van der Waals surface area contributed by atoms with Crippen LogP contribution in [0.25, 0.3) is 0 Å². The highest BCUT2D eigenvalue weighted by molar-refractivity contribution is 5.54. The third kappa shape index (κ3) is 3.05. The summed E-state index contributed by atoms with van der Waals surface area (Å²) in [5, 5.41) is 0. The molecule has 1 amide bonds. The molecule has 3 heteroatoms. The molecule has 0 bridgehead atoms. The Morgan fingerprint density at radius 1 is 1.47 bits per heavy atom. The second kappa shape index (κ2) is 6.17. The first kappa shape index (κ1) is 11.7. The molecular formula is C12H17NO2. The zero-order valence-corrected chi connectivity index (χ0v) is 9.11. The van der Waals surface area contributed by atoms with Crippen LogP contribution in [0.3, 0.4) is 0 Å². The smallest absolute Gasteiger partial charge is 0.214 e. The molecule has 0 saturated carbocycles. The Morgan fingerprint density at radius 3 is 2.87 bits per heavy atom. The summed E-state index contributed by atoms with van der Waals surface area (Å²) in [7, 11) is 0. The number of hydrogen-bond donors (Lipinski definition) is 0. The Bertz CT molecular complexity index is 292. The van der Waals surface area contributed by atoms with E-state index < -0.39 is 0 Å². The number of rotatable bonds is 6. The number of aldehydes is 1. The van der Waals surface area contributed by atoms with Crippen molar-refractivity contribution in [1.29, 1.82) is 0 Å². The fourth-order valence-electron chi connectivity index (χ4n) is 1.78. The van der Waals surface area contributed by atoms with E-state index in [1.165, 1.54) is 5.57 Å². The normalized spacial score (nSPS) is 15.7. The second-order valence-corrected chi connectivity index (χ2v) is 3.54. The van der Waals surface area contributed by atoms with Gasteiger partial charge in [0.15, 0.2) is 0 Å². The van der Waals surface area contributed by atoms with Crippen LogP contribution in [0, 0.1) is 0 Å². The van der Waals surface area contributed by atoms with Crippen molar-refractivity contribution in [2.24, 2.45) is 0 Å². The average Bonchev–Trinajstić information content (AvgIpc) is 2.29. The molecule has 1 aliphatic rings. The molecule has 0 aromatic heterocycles. The Kier molecular flexibility index (Phi) is 4.81. The topological polar surface area (TPSA) is 37.4 Å². The van der Waals surface area contributed by atoms with Gasteiger partial charge < -0.3 is 9.69 Å². The van der Waals surface area contributed by atoms with Crippen molar-refractivity contribution in [3.63, 3.8) is 0 Å². The minimum Gasteiger partial charge on any atom is -0.315 e. The molecule has 15 heavy (non-hydrogen) atoms. The summed E-state index contributed by atoms with van der Waals surface area (Å²) < 4.78 is 0. The second-order valence-electron chi connectivity index (χ2n) is 3.54. The number of hydrogen-bond acceptors (Lipinski definition) is 2. The van der Waals surface area contributed by atoms with Crippen molar-refractivity contribution in [3.8, 4) is 0 Å². The summed E-state index contributed by atoms with van der Waals surface area (Å²) in [6.07, 6.45) is 9.00. The number of carbonyl (C=O) groups is 2. The number of amides is 1. The minimum absolute atomic E-state index is 0.566. The summed E-state index contributed by atoms with van der Waals surface area (Å²) in [6.45, 7) is 2.73. The van der Waals surface area contributed by atoms with E-state index in [1.54, 1.807) is 4.90 Å². The lowest BCUT2D eigenvalue weighted by molar-refractivity contribution is -0.116. The molecule has 0 radical (unpaired) electrons. The van der Waals surface area contributed by atoms with Gasteiger partial charge in [0.1, 0.15) is 6.29 Å². The highest BCUT2D eigenvalue weighted by Crippen LogP contribution is 2.22. The quantitative estimate of drug-likeness (QED) is 0.494. The van der Waals surface area contributed by atoms with E-state index in [1.807, 2.05) is 6.08 Å². The van der Waals surface area contributed by atoms with E-state index in [0.29, 0.717) is 13.0 Å². The summed E-state index contributed by atoms with van der Waals surface area (Å²) >= 11 is 0. The van der Waals surface area contributed by atoms with Crippen LogP contribution in [0.2, 0.25) is 0 Å². The lowest BCUT2D eigenvalue weighted by Gasteiger charge is -2.25. The average molecular weight is 207 g/mol. The van der Waals surface area contributed by atoms with Gasteiger partial charge in [-0.15, -0.1) is 0 Å². The van der Waals surface area contributed by atoms with Crippen LogP contribution in [-0.4, -0.2) is 24.1 Å². The Balaban J connectivity index is 2.72. The fourth-order valence-corrected chi connectivity index (χ4v) is 1.78. The van der Waals surface area contributed by atoms with Gasteiger partial charge in [0.25, 0.3) is 0 Å². The minimum atomic E-state index is 0.566. The summed E-state index contributed by atoms with van der Waals surface area (Å²) in [4.78, 5) is 22.8. The van der Waals surface area contributed by atoms with E-state index in [-0.39, 0.29) is 0 Å². The van der Waals surface area contributed by atoms with E-state index in [9.17, 15) is 9.59 Å². The summed E-state index contributed by atoms with van der Waals surface area (Å²) in [5.41, 5.74) is 2.29. The first-order valence-electron chi connectivity index (χ1n) is 5.37. The van der Waals surface area contributed by atoms with Crippen molar-refractivity contribution in [2.75, 3.05) is 6.54 Å². The Labute approximate surface area is 90.5 Å². The Hall–Kier alpha value is -1.38. The molecule has 1 aliphatic heterocycles. The van der Waals surface area contributed by atoms with Gasteiger partial charge >= 0.3 is 0 Å². The predicted octanol–water partition coefficient (Wildman–Crippen LogP) is 2.05. The zero-order chi connectivity index (χ0) is 11.1. The highest BCUT2D eigenvalue weighted by Gasteiger charge is 2.14. The first-order valence-corrected chi connectivity index (χ1v) is 5.37. The lowest BCUT2D eigenvalue weighted by Crippen LogP contribution is -2.25. The van der Waals surface area contributed by atoms with Gasteiger partial charge in [-0.1, -0.05) is 19.1 Å². The number of unbranched alkanes of at least 4 members (excludes halogenated alkanes) is 1. The molecule has 0 aliphatic carbocycles. The van der Waals surface area contributed by atoms with Crippen molar-refractivity contribution < 1.29 is 9.59 Å². The maximum absolute atomic E-state index is 10.9. The summed E-state index contributed by atoms with van der Waals surface area (Å²) in [5.74, 6) is 0. The third-order valence-electron chi connectivity index (χ3n) is 2.58. The molecule has 3 nitrogen and oxygen atoms in total. The molecule has 0 aromatic carbocycles. The van der Waals surface area contributed by atoms with Crippen molar-refractivity contribution in [2.45, 2.75) is 32.6 Å². The molecule has 0 atom stereocenters. The monoisotopic (exact) mass is 207 g/mol. The molecular weight excluding hydrogens is 190 g/mol. The first-order chi connectivity index (χ1) is 7.33. The van der Waals surface area contributed by atoms with Crippen molar-refractivity contribution >= 4 is 12.7 Å². The summed E-state index contributed by atoms with van der Waals surface area (Å²) in [6, 6.07) is 0. The Morgan fingerprint density at radius 2 is 2.27 bits per heavy atom. The molecule has 1 heterocycles. The molecule has 0 spiro atoms. The van der Waals surface area contributed by atoms with Crippen molar-refractivity contribution in [1.82, 2.24) is 4.90 Å². The highest BCUT2D eigenvalue weighted by atomic mass is 16.1. The van der Waals surface area contributed by atoms with Crippen LogP contribution in [0.15, 0.2) is 23.4 Å². The maximum atomic E-state index is 10.9. The van der Waals surface area contributed by atoms with Gasteiger partial charge in [-0.25, -0.2) is 0 Å². The molecule has 0 aromatic rings. The van der Waals surface area contributed by atoms with Crippen LogP contribution in [0.5, 0.6) is 0 Å².